The largest absolute Gasteiger partial charge is 0.399 e. The minimum Gasteiger partial charge on any atom is -0.399 e. The molecule has 4 N–H and O–H groups in total. The highest BCUT2D eigenvalue weighted by atomic mass is 35.5. The van der Waals surface area contributed by atoms with Crippen LogP contribution in [0.15, 0.2) is 17.0 Å². The van der Waals surface area contributed by atoms with Crippen LogP contribution in [0, 0.1) is 0 Å². The summed E-state index contributed by atoms with van der Waals surface area (Å²) in [5, 5.41) is 3.33. The SMILES string of the molecule is Nc1cc(Cl)c(NC2CCCCC2)c(S(=O)(=O)O)c1. The van der Waals surface area contributed by atoms with E-state index in [1.165, 1.54) is 18.6 Å². The summed E-state index contributed by atoms with van der Waals surface area (Å²) in [6.07, 6.45) is 5.33. The molecular formula is C12H17ClN2O3S. The van der Waals surface area contributed by atoms with Crippen molar-refractivity contribution in [3.05, 3.63) is 17.2 Å². The molecule has 2 rings (SSSR count). The van der Waals surface area contributed by atoms with E-state index in [-0.39, 0.29) is 27.3 Å². The van der Waals surface area contributed by atoms with Crippen LogP contribution in [0.4, 0.5) is 11.4 Å². The lowest BCUT2D eigenvalue weighted by atomic mass is 9.95. The summed E-state index contributed by atoms with van der Waals surface area (Å²) in [7, 11) is -4.36. The van der Waals surface area contributed by atoms with Gasteiger partial charge in [-0.1, -0.05) is 30.9 Å². The maximum Gasteiger partial charge on any atom is 0.296 e. The van der Waals surface area contributed by atoms with Crippen molar-refractivity contribution < 1.29 is 13.0 Å². The highest BCUT2D eigenvalue weighted by Crippen LogP contribution is 2.34. The smallest absolute Gasteiger partial charge is 0.296 e. The third-order valence-electron chi connectivity index (χ3n) is 3.31. The quantitative estimate of drug-likeness (QED) is 0.590. The molecule has 106 valence electrons. The molecule has 0 radical (unpaired) electrons. The van der Waals surface area contributed by atoms with Crippen molar-refractivity contribution in [3.8, 4) is 0 Å². The van der Waals surface area contributed by atoms with Gasteiger partial charge in [0.1, 0.15) is 4.90 Å². The Labute approximate surface area is 117 Å². The van der Waals surface area contributed by atoms with Crippen LogP contribution in [0.2, 0.25) is 5.02 Å². The molecule has 0 amide bonds. The Morgan fingerprint density at radius 2 is 1.89 bits per heavy atom. The maximum atomic E-state index is 11.4. The second kappa shape index (κ2) is 5.56. The molecule has 0 aliphatic heterocycles. The summed E-state index contributed by atoms with van der Waals surface area (Å²) >= 11 is 6.04. The first-order valence-corrected chi connectivity index (χ1v) is 8.03. The van der Waals surface area contributed by atoms with E-state index in [4.69, 9.17) is 17.3 Å². The summed E-state index contributed by atoms with van der Waals surface area (Å²) < 4.78 is 32.1. The maximum absolute atomic E-state index is 11.4. The minimum atomic E-state index is -4.36. The molecule has 19 heavy (non-hydrogen) atoms. The van der Waals surface area contributed by atoms with Crippen molar-refractivity contribution in [2.24, 2.45) is 0 Å². The Morgan fingerprint density at radius 3 is 2.47 bits per heavy atom. The first-order valence-electron chi connectivity index (χ1n) is 6.21. The van der Waals surface area contributed by atoms with Crippen molar-refractivity contribution >= 4 is 33.1 Å². The predicted molar refractivity (Wildman–Crippen MR) is 76.2 cm³/mol. The fraction of sp³-hybridized carbons (Fsp3) is 0.500. The molecule has 0 unspecified atom stereocenters. The highest BCUT2D eigenvalue weighted by molar-refractivity contribution is 7.86. The van der Waals surface area contributed by atoms with Gasteiger partial charge in [0.15, 0.2) is 0 Å². The Kier molecular flexibility index (Phi) is 4.23. The zero-order chi connectivity index (χ0) is 14.0. The van der Waals surface area contributed by atoms with E-state index in [1.807, 2.05) is 0 Å². The van der Waals surface area contributed by atoms with Crippen LogP contribution in [-0.4, -0.2) is 19.0 Å². The van der Waals surface area contributed by atoms with Crippen molar-refractivity contribution in [2.45, 2.75) is 43.0 Å². The van der Waals surface area contributed by atoms with Gasteiger partial charge in [0.2, 0.25) is 0 Å². The van der Waals surface area contributed by atoms with Crippen molar-refractivity contribution in [1.29, 1.82) is 0 Å². The fourth-order valence-corrected chi connectivity index (χ4v) is 3.45. The van der Waals surface area contributed by atoms with Crippen LogP contribution < -0.4 is 11.1 Å². The zero-order valence-corrected chi connectivity index (χ0v) is 12.0. The van der Waals surface area contributed by atoms with E-state index >= 15 is 0 Å². The van der Waals surface area contributed by atoms with Crippen molar-refractivity contribution in [2.75, 3.05) is 11.1 Å². The zero-order valence-electron chi connectivity index (χ0n) is 10.4. The van der Waals surface area contributed by atoms with Gasteiger partial charge in [-0.2, -0.15) is 8.42 Å². The summed E-state index contributed by atoms with van der Waals surface area (Å²) in [6.45, 7) is 0. The molecule has 0 aromatic heterocycles. The van der Waals surface area contributed by atoms with E-state index in [0.29, 0.717) is 0 Å². The van der Waals surface area contributed by atoms with Gasteiger partial charge in [0, 0.05) is 11.7 Å². The molecule has 0 bridgehead atoms. The van der Waals surface area contributed by atoms with E-state index in [1.54, 1.807) is 0 Å². The van der Waals surface area contributed by atoms with E-state index < -0.39 is 10.1 Å². The van der Waals surface area contributed by atoms with Gasteiger partial charge in [0.05, 0.1) is 10.7 Å². The average Bonchev–Trinajstić information content (AvgIpc) is 2.32. The second-order valence-electron chi connectivity index (χ2n) is 4.83. The van der Waals surface area contributed by atoms with Gasteiger partial charge in [-0.15, -0.1) is 0 Å². The number of halogens is 1. The second-order valence-corrected chi connectivity index (χ2v) is 6.63. The van der Waals surface area contributed by atoms with E-state index in [2.05, 4.69) is 5.32 Å². The monoisotopic (exact) mass is 304 g/mol. The van der Waals surface area contributed by atoms with Crippen molar-refractivity contribution in [1.82, 2.24) is 0 Å². The van der Waals surface area contributed by atoms with E-state index in [0.717, 1.165) is 25.7 Å². The van der Waals surface area contributed by atoms with E-state index in [9.17, 15) is 13.0 Å². The van der Waals surface area contributed by atoms with Crippen molar-refractivity contribution in [3.63, 3.8) is 0 Å². The normalized spacial score (nSPS) is 17.4. The number of anilines is 2. The third kappa shape index (κ3) is 3.52. The summed E-state index contributed by atoms with van der Waals surface area (Å²) in [5.41, 5.74) is 6.01. The number of rotatable bonds is 3. The van der Waals surface area contributed by atoms with Crippen LogP contribution in [-0.2, 0) is 10.1 Å². The molecule has 1 saturated carbocycles. The molecule has 1 aromatic rings. The van der Waals surface area contributed by atoms with Crippen LogP contribution >= 0.6 is 11.6 Å². The van der Waals surface area contributed by atoms with Gasteiger partial charge in [-0.3, -0.25) is 4.55 Å². The van der Waals surface area contributed by atoms with Crippen LogP contribution in [0.1, 0.15) is 32.1 Å². The molecule has 5 nitrogen and oxygen atoms in total. The Balaban J connectivity index is 2.37. The topological polar surface area (TPSA) is 92.4 Å². The number of benzene rings is 1. The molecule has 0 atom stereocenters. The standard InChI is InChI=1S/C12H17ClN2O3S/c13-10-6-8(14)7-11(19(16,17)18)12(10)15-9-4-2-1-3-5-9/h6-7,9,15H,1-5,14H2,(H,16,17,18). The van der Waals surface area contributed by atoms with Gasteiger partial charge in [0.25, 0.3) is 10.1 Å². The summed E-state index contributed by atoms with van der Waals surface area (Å²) in [5.74, 6) is 0. The number of nitrogens with two attached hydrogens (primary N) is 1. The molecular weight excluding hydrogens is 288 g/mol. The number of hydrogen-bond acceptors (Lipinski definition) is 4. The molecule has 1 aliphatic carbocycles. The molecule has 1 aromatic carbocycles. The molecule has 1 fully saturated rings. The molecule has 0 saturated heterocycles. The average molecular weight is 305 g/mol. The number of nitrogens with one attached hydrogen (secondary N) is 1. The van der Waals surface area contributed by atoms with Gasteiger partial charge < -0.3 is 11.1 Å². The Bertz CT molecular complexity index is 569. The van der Waals surface area contributed by atoms with Crippen LogP contribution in [0.3, 0.4) is 0 Å². The summed E-state index contributed by atoms with van der Waals surface area (Å²) in [6, 6.07) is 2.86. The Morgan fingerprint density at radius 1 is 1.26 bits per heavy atom. The highest BCUT2D eigenvalue weighted by Gasteiger charge is 2.22. The molecule has 1 aliphatic rings. The number of hydrogen-bond donors (Lipinski definition) is 3. The van der Waals surface area contributed by atoms with Crippen LogP contribution in [0.5, 0.6) is 0 Å². The van der Waals surface area contributed by atoms with Gasteiger partial charge >= 0.3 is 0 Å². The lowest BCUT2D eigenvalue weighted by Gasteiger charge is -2.25. The fourth-order valence-electron chi connectivity index (χ4n) is 2.40. The summed E-state index contributed by atoms with van der Waals surface area (Å²) in [4.78, 5) is -0.261. The van der Waals surface area contributed by atoms with Crippen LogP contribution in [0.25, 0.3) is 0 Å². The van der Waals surface area contributed by atoms with Gasteiger partial charge in [-0.05, 0) is 25.0 Å². The molecule has 0 spiro atoms. The first-order chi connectivity index (χ1) is 8.88. The lowest BCUT2D eigenvalue weighted by Crippen LogP contribution is -2.23. The third-order valence-corrected chi connectivity index (χ3v) is 4.48. The predicted octanol–water partition coefficient (Wildman–Crippen LogP) is 2.91. The lowest BCUT2D eigenvalue weighted by molar-refractivity contribution is 0.461. The first kappa shape index (κ1) is 14.4. The number of nitrogen functional groups attached to an aromatic ring is 1. The molecule has 7 heteroatoms. The molecule has 0 heterocycles. The Hall–Kier alpha value is -0.980. The minimum absolute atomic E-state index is 0.176. The van der Waals surface area contributed by atoms with Gasteiger partial charge in [-0.25, -0.2) is 0 Å².